The first kappa shape index (κ1) is 19.0. The molecule has 1 aliphatic heterocycles. The third kappa shape index (κ3) is 3.29. The SMILES string of the molecule is CN1CCN(c2c(F)cc3c(=O)c(C(=O)O)cn(CCF)c3c2I)CC1. The number of alkyl halides is 1. The number of likely N-dealkylation sites (N-methyl/N-ethyl adjacent to an activating group) is 1. The Morgan fingerprint density at radius 2 is 1.96 bits per heavy atom. The molecule has 0 spiro atoms. The van der Waals surface area contributed by atoms with E-state index in [-0.39, 0.29) is 11.9 Å². The zero-order valence-corrected chi connectivity index (χ0v) is 16.3. The number of hydrogen-bond donors (Lipinski definition) is 1. The van der Waals surface area contributed by atoms with E-state index in [1.165, 1.54) is 4.57 Å². The molecule has 2 heterocycles. The van der Waals surface area contributed by atoms with Crippen molar-refractivity contribution >= 4 is 45.2 Å². The number of pyridine rings is 1. The Kier molecular flexibility index (Phi) is 5.47. The third-order valence-electron chi connectivity index (χ3n) is 4.60. The lowest BCUT2D eigenvalue weighted by Gasteiger charge is -2.35. The maximum Gasteiger partial charge on any atom is 0.341 e. The number of rotatable bonds is 4. The highest BCUT2D eigenvalue weighted by atomic mass is 127. The van der Waals surface area contributed by atoms with Crippen LogP contribution in [0.5, 0.6) is 0 Å². The van der Waals surface area contributed by atoms with E-state index >= 15 is 0 Å². The highest BCUT2D eigenvalue weighted by molar-refractivity contribution is 14.1. The van der Waals surface area contributed by atoms with Gasteiger partial charge in [0.25, 0.3) is 0 Å². The lowest BCUT2D eigenvalue weighted by atomic mass is 10.1. The molecule has 0 bridgehead atoms. The van der Waals surface area contributed by atoms with Crippen LogP contribution in [-0.4, -0.2) is 60.4 Å². The van der Waals surface area contributed by atoms with Crippen molar-refractivity contribution in [3.8, 4) is 0 Å². The van der Waals surface area contributed by atoms with Gasteiger partial charge in [0.05, 0.1) is 26.7 Å². The number of aryl methyl sites for hydroxylation is 1. The summed E-state index contributed by atoms with van der Waals surface area (Å²) in [4.78, 5) is 27.9. The number of aromatic carboxylic acids is 1. The number of aromatic nitrogens is 1. The van der Waals surface area contributed by atoms with Gasteiger partial charge in [0, 0.05) is 32.4 Å². The van der Waals surface area contributed by atoms with Crippen LogP contribution in [0.25, 0.3) is 10.9 Å². The topological polar surface area (TPSA) is 65.8 Å². The average molecular weight is 477 g/mol. The van der Waals surface area contributed by atoms with Crippen molar-refractivity contribution in [1.82, 2.24) is 9.47 Å². The summed E-state index contributed by atoms with van der Waals surface area (Å²) < 4.78 is 29.8. The highest BCUT2D eigenvalue weighted by Gasteiger charge is 2.25. The lowest BCUT2D eigenvalue weighted by molar-refractivity contribution is 0.0694. The van der Waals surface area contributed by atoms with E-state index in [1.807, 2.05) is 34.5 Å². The third-order valence-corrected chi connectivity index (χ3v) is 5.63. The van der Waals surface area contributed by atoms with E-state index in [2.05, 4.69) is 4.90 Å². The molecule has 1 aromatic heterocycles. The molecule has 1 N–H and O–H groups in total. The quantitative estimate of drug-likeness (QED) is 0.685. The van der Waals surface area contributed by atoms with Gasteiger partial charge < -0.3 is 19.5 Å². The van der Waals surface area contributed by atoms with Crippen molar-refractivity contribution in [3.05, 3.63) is 37.4 Å². The molecule has 140 valence electrons. The van der Waals surface area contributed by atoms with Gasteiger partial charge in [-0.2, -0.15) is 0 Å². The van der Waals surface area contributed by atoms with E-state index in [0.717, 1.165) is 25.4 Å². The second-order valence-corrected chi connectivity index (χ2v) is 7.35. The minimum absolute atomic E-state index is 0.0434. The highest BCUT2D eigenvalue weighted by Crippen LogP contribution is 2.33. The first-order chi connectivity index (χ1) is 12.3. The predicted molar refractivity (Wildman–Crippen MR) is 104 cm³/mol. The Morgan fingerprint density at radius 1 is 1.31 bits per heavy atom. The Hall–Kier alpha value is -1.75. The van der Waals surface area contributed by atoms with Crippen LogP contribution < -0.4 is 10.3 Å². The number of piperazine rings is 1. The fourth-order valence-electron chi connectivity index (χ4n) is 3.22. The molecule has 6 nitrogen and oxygen atoms in total. The van der Waals surface area contributed by atoms with Crippen molar-refractivity contribution in [2.24, 2.45) is 0 Å². The van der Waals surface area contributed by atoms with Gasteiger partial charge in [-0.1, -0.05) is 0 Å². The second kappa shape index (κ2) is 7.47. The van der Waals surface area contributed by atoms with Gasteiger partial charge in [-0.3, -0.25) is 4.79 Å². The van der Waals surface area contributed by atoms with Gasteiger partial charge in [0.2, 0.25) is 5.43 Å². The molecule has 1 aliphatic rings. The Bertz CT molecular complexity index is 924. The monoisotopic (exact) mass is 477 g/mol. The summed E-state index contributed by atoms with van der Waals surface area (Å²) in [5.41, 5.74) is -0.507. The van der Waals surface area contributed by atoms with E-state index in [1.54, 1.807) is 0 Å². The predicted octanol–water partition coefficient (Wildman–Crippen LogP) is 2.16. The van der Waals surface area contributed by atoms with Gasteiger partial charge in [0.1, 0.15) is 18.1 Å². The molecular weight excluding hydrogens is 459 g/mol. The molecule has 0 unspecified atom stereocenters. The maximum absolute atomic E-state index is 14.9. The number of carbonyl (C=O) groups is 1. The van der Waals surface area contributed by atoms with Crippen LogP contribution in [0.2, 0.25) is 0 Å². The van der Waals surface area contributed by atoms with Crippen molar-refractivity contribution in [1.29, 1.82) is 0 Å². The minimum Gasteiger partial charge on any atom is -0.477 e. The van der Waals surface area contributed by atoms with Gasteiger partial charge in [-0.25, -0.2) is 13.6 Å². The molecule has 2 aromatic rings. The smallest absolute Gasteiger partial charge is 0.341 e. The zero-order chi connectivity index (χ0) is 19.0. The van der Waals surface area contributed by atoms with Gasteiger partial charge >= 0.3 is 5.97 Å². The van der Waals surface area contributed by atoms with Crippen LogP contribution in [-0.2, 0) is 6.54 Å². The summed E-state index contributed by atoms with van der Waals surface area (Å²) in [7, 11) is 1.99. The Balaban J connectivity index is 2.27. The number of anilines is 1. The molecule has 0 atom stereocenters. The molecule has 0 aliphatic carbocycles. The first-order valence-corrected chi connectivity index (χ1v) is 9.21. The van der Waals surface area contributed by atoms with Gasteiger partial charge in [-0.15, -0.1) is 0 Å². The van der Waals surface area contributed by atoms with Crippen LogP contribution >= 0.6 is 22.6 Å². The number of nitrogens with zero attached hydrogens (tertiary/aromatic N) is 3. The van der Waals surface area contributed by atoms with Crippen LogP contribution in [0.1, 0.15) is 10.4 Å². The van der Waals surface area contributed by atoms with Crippen molar-refractivity contribution in [2.75, 3.05) is 44.8 Å². The lowest BCUT2D eigenvalue weighted by Crippen LogP contribution is -2.45. The van der Waals surface area contributed by atoms with E-state index < -0.39 is 29.5 Å². The van der Waals surface area contributed by atoms with E-state index in [4.69, 9.17) is 0 Å². The number of carboxylic acid groups (broad SMARTS) is 1. The molecular formula is C17H18F2IN3O3. The number of halogens is 3. The molecule has 3 rings (SSSR count). The molecule has 9 heteroatoms. The second-order valence-electron chi connectivity index (χ2n) is 6.27. The fourth-order valence-corrected chi connectivity index (χ4v) is 4.42. The Morgan fingerprint density at radius 3 is 2.54 bits per heavy atom. The minimum atomic E-state index is -1.41. The molecule has 1 aromatic carbocycles. The zero-order valence-electron chi connectivity index (χ0n) is 14.1. The standard InChI is InChI=1S/C17H18F2IN3O3/c1-21-4-6-22(7-5-21)15-12(19)8-10-14(13(15)20)23(3-2-18)9-11(16(10)24)17(25)26/h8-9H,2-7H2,1H3,(H,25,26). The molecule has 0 radical (unpaired) electrons. The van der Waals surface area contributed by atoms with Crippen molar-refractivity contribution < 1.29 is 18.7 Å². The summed E-state index contributed by atoms with van der Waals surface area (Å²) in [5, 5.41) is 9.18. The molecule has 0 amide bonds. The Labute approximate surface area is 162 Å². The summed E-state index contributed by atoms with van der Waals surface area (Å²) in [6.45, 7) is 1.99. The van der Waals surface area contributed by atoms with Gasteiger partial charge in [0.15, 0.2) is 0 Å². The molecule has 1 saturated heterocycles. The van der Waals surface area contributed by atoms with E-state index in [9.17, 15) is 23.5 Å². The van der Waals surface area contributed by atoms with Crippen LogP contribution in [0.15, 0.2) is 17.1 Å². The van der Waals surface area contributed by atoms with Crippen molar-refractivity contribution in [3.63, 3.8) is 0 Å². The number of hydrogen-bond acceptors (Lipinski definition) is 4. The summed E-state index contributed by atoms with van der Waals surface area (Å²) in [6, 6.07) is 1.08. The fraction of sp³-hybridized carbons (Fsp3) is 0.412. The molecule has 26 heavy (non-hydrogen) atoms. The molecule has 0 saturated carbocycles. The maximum atomic E-state index is 14.9. The van der Waals surface area contributed by atoms with Crippen LogP contribution in [0.3, 0.4) is 0 Å². The van der Waals surface area contributed by atoms with Gasteiger partial charge in [-0.05, 0) is 35.7 Å². The van der Waals surface area contributed by atoms with Crippen LogP contribution in [0, 0.1) is 9.39 Å². The van der Waals surface area contributed by atoms with E-state index in [0.29, 0.717) is 27.9 Å². The summed E-state index contributed by atoms with van der Waals surface area (Å²) >= 11 is 1.96. The normalized spacial score (nSPS) is 15.6. The number of benzene rings is 1. The molecule has 1 fully saturated rings. The van der Waals surface area contributed by atoms with Crippen LogP contribution in [0.4, 0.5) is 14.5 Å². The largest absolute Gasteiger partial charge is 0.477 e. The summed E-state index contributed by atoms with van der Waals surface area (Å²) in [5.74, 6) is -1.99. The summed E-state index contributed by atoms with van der Waals surface area (Å²) in [6.07, 6.45) is 1.14. The van der Waals surface area contributed by atoms with Crippen molar-refractivity contribution in [2.45, 2.75) is 6.54 Å². The first-order valence-electron chi connectivity index (χ1n) is 8.13. The number of carboxylic acids is 1. The average Bonchev–Trinajstić information content (AvgIpc) is 2.58. The number of fused-ring (bicyclic) bond motifs is 1.